The van der Waals surface area contributed by atoms with Gasteiger partial charge in [-0.2, -0.15) is 0 Å². The number of aromatic nitrogens is 1. The third-order valence-corrected chi connectivity index (χ3v) is 2.47. The number of halogens is 1. The Morgan fingerprint density at radius 1 is 1.13 bits per heavy atom. The van der Waals surface area contributed by atoms with Gasteiger partial charge in [0.2, 0.25) is 0 Å². The van der Waals surface area contributed by atoms with Gasteiger partial charge in [-0.1, -0.05) is 12.5 Å². The molecule has 3 heteroatoms. The Bertz CT molecular complexity index is 266. The van der Waals surface area contributed by atoms with E-state index in [0.717, 1.165) is 19.4 Å². The summed E-state index contributed by atoms with van der Waals surface area (Å²) < 4.78 is 2.28. The molecule has 86 valence electrons. The van der Waals surface area contributed by atoms with Crippen molar-refractivity contribution in [2.75, 3.05) is 6.61 Å². The summed E-state index contributed by atoms with van der Waals surface area (Å²) in [5, 5.41) is 8.62. The molecule has 1 heterocycles. The van der Waals surface area contributed by atoms with Crippen LogP contribution in [0.1, 0.15) is 31.4 Å². The highest BCUT2D eigenvalue weighted by atomic mass is 79.9. The van der Waals surface area contributed by atoms with E-state index >= 15 is 0 Å². The second-order valence-corrected chi connectivity index (χ2v) is 3.67. The van der Waals surface area contributed by atoms with Crippen molar-refractivity contribution in [3.05, 3.63) is 30.1 Å². The van der Waals surface area contributed by atoms with E-state index in [-0.39, 0.29) is 17.0 Å². The lowest BCUT2D eigenvalue weighted by atomic mass is 10.2. The van der Waals surface area contributed by atoms with Gasteiger partial charge < -0.3 is 22.1 Å². The van der Waals surface area contributed by atoms with E-state index in [4.69, 9.17) is 5.11 Å². The van der Waals surface area contributed by atoms with Gasteiger partial charge in [0.1, 0.15) is 6.54 Å². The molecule has 0 radical (unpaired) electrons. The molecule has 0 atom stereocenters. The van der Waals surface area contributed by atoms with Gasteiger partial charge >= 0.3 is 0 Å². The third-order valence-electron chi connectivity index (χ3n) is 2.47. The summed E-state index contributed by atoms with van der Waals surface area (Å²) in [6.45, 7) is 3.56. The zero-order valence-electron chi connectivity index (χ0n) is 9.32. The maximum absolute atomic E-state index is 8.62. The van der Waals surface area contributed by atoms with Crippen LogP contribution in [0.4, 0.5) is 0 Å². The van der Waals surface area contributed by atoms with Gasteiger partial charge in [0.15, 0.2) is 11.9 Å². The molecule has 0 fully saturated rings. The maximum atomic E-state index is 8.62. The summed E-state index contributed by atoms with van der Waals surface area (Å²) in [6, 6.07) is 6.27. The monoisotopic (exact) mass is 273 g/mol. The number of unbranched alkanes of at least 4 members (excludes halogenated alkanes) is 3. The Kier molecular flexibility index (Phi) is 8.62. The molecule has 0 aromatic carbocycles. The SMILES string of the molecule is Cc1cccc[n+]1CCCCCCO.[Br-]. The van der Waals surface area contributed by atoms with Crippen molar-refractivity contribution in [2.45, 2.75) is 39.2 Å². The van der Waals surface area contributed by atoms with Crippen LogP contribution in [0.2, 0.25) is 0 Å². The maximum Gasteiger partial charge on any atom is 0.178 e. The summed E-state index contributed by atoms with van der Waals surface area (Å²) in [5.41, 5.74) is 1.31. The summed E-state index contributed by atoms with van der Waals surface area (Å²) >= 11 is 0. The molecule has 15 heavy (non-hydrogen) atoms. The standard InChI is InChI=1S/C12H20NO.BrH/c1-12-8-4-6-10-13(12)9-5-2-3-7-11-14;/h4,6,8,10,14H,2-3,5,7,9,11H2,1H3;1H/q+1;/p-1. The van der Waals surface area contributed by atoms with Crippen molar-refractivity contribution in [3.63, 3.8) is 0 Å². The van der Waals surface area contributed by atoms with Gasteiger partial charge in [0, 0.05) is 32.1 Å². The van der Waals surface area contributed by atoms with E-state index in [1.165, 1.54) is 18.5 Å². The summed E-state index contributed by atoms with van der Waals surface area (Å²) in [7, 11) is 0. The molecule has 0 unspecified atom stereocenters. The highest BCUT2D eigenvalue weighted by Crippen LogP contribution is 1.99. The number of nitrogens with zero attached hydrogens (tertiary/aromatic N) is 1. The van der Waals surface area contributed by atoms with Crippen LogP contribution in [0, 0.1) is 6.92 Å². The van der Waals surface area contributed by atoms with E-state index in [0.29, 0.717) is 6.61 Å². The number of aliphatic hydroxyl groups excluding tert-OH is 1. The van der Waals surface area contributed by atoms with Crippen LogP contribution in [0.3, 0.4) is 0 Å². The largest absolute Gasteiger partial charge is 1.00 e. The van der Waals surface area contributed by atoms with Crippen molar-refractivity contribution in [1.29, 1.82) is 0 Å². The Hall–Kier alpha value is -0.410. The van der Waals surface area contributed by atoms with Crippen LogP contribution < -0.4 is 21.5 Å². The van der Waals surface area contributed by atoms with Crippen molar-refractivity contribution in [3.8, 4) is 0 Å². The van der Waals surface area contributed by atoms with E-state index < -0.39 is 0 Å². The minimum Gasteiger partial charge on any atom is -1.00 e. The smallest absolute Gasteiger partial charge is 0.178 e. The summed E-state index contributed by atoms with van der Waals surface area (Å²) in [6.07, 6.45) is 6.63. The first-order valence-corrected chi connectivity index (χ1v) is 5.40. The van der Waals surface area contributed by atoms with E-state index in [1.54, 1.807) is 0 Å². The van der Waals surface area contributed by atoms with Crippen LogP contribution in [0.5, 0.6) is 0 Å². The highest BCUT2D eigenvalue weighted by molar-refractivity contribution is 4.93. The number of hydrogen-bond donors (Lipinski definition) is 1. The molecule has 1 aromatic rings. The second-order valence-electron chi connectivity index (χ2n) is 3.67. The fourth-order valence-corrected chi connectivity index (χ4v) is 1.56. The van der Waals surface area contributed by atoms with E-state index in [1.807, 2.05) is 0 Å². The Morgan fingerprint density at radius 2 is 1.87 bits per heavy atom. The molecule has 0 aliphatic rings. The Morgan fingerprint density at radius 3 is 2.53 bits per heavy atom. The van der Waals surface area contributed by atoms with Crippen LogP contribution in [0.25, 0.3) is 0 Å². The van der Waals surface area contributed by atoms with E-state index in [2.05, 4.69) is 35.9 Å². The zero-order valence-corrected chi connectivity index (χ0v) is 10.9. The van der Waals surface area contributed by atoms with Gasteiger partial charge in [0.05, 0.1) is 0 Å². The molecule has 0 aliphatic heterocycles. The molecule has 1 rings (SSSR count). The first-order valence-electron chi connectivity index (χ1n) is 5.40. The second kappa shape index (κ2) is 8.86. The number of aliphatic hydroxyl groups is 1. The Balaban J connectivity index is 0.00000196. The topological polar surface area (TPSA) is 24.1 Å². The molecule has 0 saturated heterocycles. The van der Waals surface area contributed by atoms with Crippen LogP contribution in [-0.4, -0.2) is 11.7 Å². The lowest BCUT2D eigenvalue weighted by molar-refractivity contribution is -0.703. The van der Waals surface area contributed by atoms with Gasteiger partial charge in [0.25, 0.3) is 0 Å². The van der Waals surface area contributed by atoms with Crippen LogP contribution in [-0.2, 0) is 6.54 Å². The normalized spacial score (nSPS) is 9.73. The first-order chi connectivity index (χ1) is 6.84. The third kappa shape index (κ3) is 5.90. The van der Waals surface area contributed by atoms with Gasteiger partial charge in [-0.25, -0.2) is 4.57 Å². The summed E-state index contributed by atoms with van der Waals surface area (Å²) in [5.74, 6) is 0. The fourth-order valence-electron chi connectivity index (χ4n) is 1.56. The molecule has 1 N–H and O–H groups in total. The molecule has 0 aliphatic carbocycles. The van der Waals surface area contributed by atoms with Crippen molar-refractivity contribution in [2.24, 2.45) is 0 Å². The van der Waals surface area contributed by atoms with Gasteiger partial charge in [-0.05, 0) is 12.8 Å². The highest BCUT2D eigenvalue weighted by Gasteiger charge is 2.02. The number of hydrogen-bond acceptors (Lipinski definition) is 1. The first kappa shape index (κ1) is 14.6. The van der Waals surface area contributed by atoms with E-state index in [9.17, 15) is 0 Å². The lowest BCUT2D eigenvalue weighted by Gasteiger charge is -1.99. The number of pyridine rings is 1. The average Bonchev–Trinajstić information content (AvgIpc) is 2.20. The quantitative estimate of drug-likeness (QED) is 0.513. The van der Waals surface area contributed by atoms with Gasteiger partial charge in [-0.3, -0.25) is 0 Å². The molecule has 0 saturated carbocycles. The van der Waals surface area contributed by atoms with Crippen LogP contribution >= 0.6 is 0 Å². The average molecular weight is 274 g/mol. The van der Waals surface area contributed by atoms with Crippen molar-refractivity contribution >= 4 is 0 Å². The fraction of sp³-hybridized carbons (Fsp3) is 0.583. The summed E-state index contributed by atoms with van der Waals surface area (Å²) in [4.78, 5) is 0. The molecular formula is C12H20BrNO. The van der Waals surface area contributed by atoms with Crippen molar-refractivity contribution in [1.82, 2.24) is 0 Å². The molecule has 2 nitrogen and oxygen atoms in total. The molecular weight excluding hydrogens is 254 g/mol. The molecule has 0 bridgehead atoms. The Labute approximate surface area is 103 Å². The predicted molar refractivity (Wildman–Crippen MR) is 56.9 cm³/mol. The minimum atomic E-state index is 0. The minimum absolute atomic E-state index is 0. The number of aryl methyl sites for hydroxylation is 2. The lowest BCUT2D eigenvalue weighted by Crippen LogP contribution is -3.00. The number of rotatable bonds is 6. The molecule has 1 aromatic heterocycles. The predicted octanol–water partition coefficient (Wildman–Crippen LogP) is -1.16. The molecule has 0 amide bonds. The van der Waals surface area contributed by atoms with Crippen LogP contribution in [0.15, 0.2) is 24.4 Å². The van der Waals surface area contributed by atoms with Gasteiger partial charge in [-0.15, -0.1) is 0 Å². The zero-order chi connectivity index (χ0) is 10.2. The molecule has 0 spiro atoms. The van der Waals surface area contributed by atoms with Crippen molar-refractivity contribution < 1.29 is 26.7 Å².